The molecule has 1 aromatic heterocycles. The second-order valence-corrected chi connectivity index (χ2v) is 1.67. The monoisotopic (exact) mass is 141 g/mol. The van der Waals surface area contributed by atoms with Gasteiger partial charge in [0.2, 0.25) is 0 Å². The molecule has 0 unspecified atom stereocenters. The van der Waals surface area contributed by atoms with Gasteiger partial charge in [0, 0.05) is 6.07 Å². The summed E-state index contributed by atoms with van der Waals surface area (Å²) in [5.74, 6) is 0.979. The molecule has 0 amide bonds. The van der Waals surface area contributed by atoms with Crippen molar-refractivity contribution in [1.82, 2.24) is 0 Å². The lowest BCUT2D eigenvalue weighted by molar-refractivity contribution is -0.120. The second kappa shape index (κ2) is 3.03. The molecule has 4 heteroatoms. The molecule has 0 spiro atoms. The third-order valence-corrected chi connectivity index (χ3v) is 1.02. The largest absolute Gasteiger partial charge is 0.464 e. The van der Waals surface area contributed by atoms with E-state index in [1.165, 1.54) is 6.26 Å². The topological polar surface area (TPSA) is 65.5 Å². The fraction of sp³-hybridized carbons (Fsp3) is 0.167. The maximum atomic E-state index is 9.78. The highest BCUT2D eigenvalue weighted by Crippen LogP contribution is 2.13. The number of rotatable bonds is 3. The molecule has 54 valence electrons. The smallest absolute Gasteiger partial charge is 0.298 e. The average Bonchev–Trinajstić information content (AvgIpc) is 2.37. The maximum Gasteiger partial charge on any atom is 0.298 e. The summed E-state index contributed by atoms with van der Waals surface area (Å²) in [5.41, 5.74) is 5.22. The first-order chi connectivity index (χ1) is 4.86. The standard InChI is InChI=1S/C6H7NO3/c7-2-5-1-6(3-9-5)10-4-8/h1,3-4H,2,7H2. The van der Waals surface area contributed by atoms with Crippen LogP contribution in [-0.4, -0.2) is 6.47 Å². The Morgan fingerprint density at radius 1 is 1.80 bits per heavy atom. The van der Waals surface area contributed by atoms with Gasteiger partial charge < -0.3 is 14.9 Å². The summed E-state index contributed by atoms with van der Waals surface area (Å²) in [6.07, 6.45) is 1.33. The third-order valence-electron chi connectivity index (χ3n) is 1.02. The van der Waals surface area contributed by atoms with Gasteiger partial charge in [-0.1, -0.05) is 0 Å². The van der Waals surface area contributed by atoms with Gasteiger partial charge in [-0.05, 0) is 0 Å². The fourth-order valence-electron chi connectivity index (χ4n) is 0.585. The van der Waals surface area contributed by atoms with Crippen LogP contribution < -0.4 is 10.5 Å². The molecule has 0 fully saturated rings. The first-order valence-corrected chi connectivity index (χ1v) is 2.74. The molecule has 2 N–H and O–H groups in total. The molecule has 0 aliphatic carbocycles. The SMILES string of the molecule is NCc1cc(OC=O)co1. The third kappa shape index (κ3) is 1.35. The van der Waals surface area contributed by atoms with Gasteiger partial charge in [0.15, 0.2) is 5.75 Å². The summed E-state index contributed by atoms with van der Waals surface area (Å²) in [6.45, 7) is 0.646. The molecule has 1 heterocycles. The van der Waals surface area contributed by atoms with E-state index in [4.69, 9.17) is 10.2 Å². The normalized spacial score (nSPS) is 9.30. The van der Waals surface area contributed by atoms with Crippen molar-refractivity contribution in [3.05, 3.63) is 18.1 Å². The first-order valence-electron chi connectivity index (χ1n) is 2.74. The van der Waals surface area contributed by atoms with Gasteiger partial charge in [0.25, 0.3) is 6.47 Å². The molecule has 0 bridgehead atoms. The first kappa shape index (κ1) is 6.82. The van der Waals surface area contributed by atoms with Crippen molar-refractivity contribution in [3.8, 4) is 5.75 Å². The van der Waals surface area contributed by atoms with Crippen LogP contribution in [0.2, 0.25) is 0 Å². The van der Waals surface area contributed by atoms with Gasteiger partial charge >= 0.3 is 0 Å². The van der Waals surface area contributed by atoms with Crippen molar-refractivity contribution in [2.45, 2.75) is 6.54 Å². The van der Waals surface area contributed by atoms with Crippen LogP contribution in [0.4, 0.5) is 0 Å². The Kier molecular flexibility index (Phi) is 2.07. The quantitative estimate of drug-likeness (QED) is 0.613. The van der Waals surface area contributed by atoms with E-state index >= 15 is 0 Å². The second-order valence-electron chi connectivity index (χ2n) is 1.67. The minimum absolute atomic E-state index is 0.308. The van der Waals surface area contributed by atoms with E-state index < -0.39 is 0 Å². The number of furan rings is 1. The van der Waals surface area contributed by atoms with Crippen LogP contribution in [0.1, 0.15) is 5.76 Å². The lowest BCUT2D eigenvalue weighted by Crippen LogP contribution is -1.92. The fourth-order valence-corrected chi connectivity index (χ4v) is 0.585. The van der Waals surface area contributed by atoms with Gasteiger partial charge in [-0.3, -0.25) is 4.79 Å². The van der Waals surface area contributed by atoms with Crippen LogP contribution in [0.15, 0.2) is 16.7 Å². The highest BCUT2D eigenvalue weighted by molar-refractivity contribution is 5.44. The highest BCUT2D eigenvalue weighted by Gasteiger charge is 1.98. The van der Waals surface area contributed by atoms with Crippen molar-refractivity contribution in [2.24, 2.45) is 5.73 Å². The summed E-state index contributed by atoms with van der Waals surface area (Å²) >= 11 is 0. The molecule has 1 rings (SSSR count). The van der Waals surface area contributed by atoms with E-state index in [0.29, 0.717) is 24.5 Å². The zero-order chi connectivity index (χ0) is 7.40. The highest BCUT2D eigenvalue weighted by atomic mass is 16.5. The predicted molar refractivity (Wildman–Crippen MR) is 33.3 cm³/mol. The number of hydrogen-bond donors (Lipinski definition) is 1. The maximum absolute atomic E-state index is 9.78. The lowest BCUT2D eigenvalue weighted by atomic mass is 10.4. The van der Waals surface area contributed by atoms with Gasteiger partial charge in [-0.2, -0.15) is 0 Å². The minimum atomic E-state index is 0.308. The number of nitrogens with two attached hydrogens (primary N) is 1. The van der Waals surface area contributed by atoms with Gasteiger partial charge in [0.1, 0.15) is 12.0 Å². The molecule has 0 aliphatic heterocycles. The van der Waals surface area contributed by atoms with E-state index in [-0.39, 0.29) is 0 Å². The van der Waals surface area contributed by atoms with Crippen LogP contribution >= 0.6 is 0 Å². The summed E-state index contributed by atoms with van der Waals surface area (Å²) in [7, 11) is 0. The van der Waals surface area contributed by atoms with Crippen LogP contribution in [0, 0.1) is 0 Å². The molecule has 4 nitrogen and oxygen atoms in total. The van der Waals surface area contributed by atoms with E-state index in [1.54, 1.807) is 6.07 Å². The Labute approximate surface area is 57.6 Å². The van der Waals surface area contributed by atoms with Crippen molar-refractivity contribution >= 4 is 6.47 Å². The molecular formula is C6H7NO3. The number of carbonyl (C=O) groups excluding carboxylic acids is 1. The number of carbonyl (C=O) groups is 1. The molecule has 0 aliphatic rings. The van der Waals surface area contributed by atoms with Crippen LogP contribution in [-0.2, 0) is 11.3 Å². The molecular weight excluding hydrogens is 134 g/mol. The van der Waals surface area contributed by atoms with Gasteiger partial charge in [-0.15, -0.1) is 0 Å². The summed E-state index contributed by atoms with van der Waals surface area (Å²) < 4.78 is 9.32. The summed E-state index contributed by atoms with van der Waals surface area (Å²) in [4.78, 5) is 9.78. The van der Waals surface area contributed by atoms with E-state index in [1.807, 2.05) is 0 Å². The Hall–Kier alpha value is -1.29. The predicted octanol–water partition coefficient (Wildman–Crippen LogP) is 0.274. The van der Waals surface area contributed by atoms with E-state index in [0.717, 1.165) is 0 Å². The summed E-state index contributed by atoms with van der Waals surface area (Å²) in [5, 5.41) is 0. The lowest BCUT2D eigenvalue weighted by Gasteiger charge is -1.84. The van der Waals surface area contributed by atoms with Crippen LogP contribution in [0.25, 0.3) is 0 Å². The van der Waals surface area contributed by atoms with Crippen molar-refractivity contribution < 1.29 is 13.9 Å². The Morgan fingerprint density at radius 2 is 2.60 bits per heavy atom. The van der Waals surface area contributed by atoms with Crippen molar-refractivity contribution in [2.75, 3.05) is 0 Å². The molecule has 1 aromatic rings. The Balaban J connectivity index is 2.67. The molecule has 0 aromatic carbocycles. The molecule has 0 radical (unpaired) electrons. The number of hydrogen-bond acceptors (Lipinski definition) is 4. The molecule has 0 saturated heterocycles. The Bertz CT molecular complexity index is 219. The number of ether oxygens (including phenoxy) is 1. The molecule has 10 heavy (non-hydrogen) atoms. The van der Waals surface area contributed by atoms with E-state index in [2.05, 4.69) is 4.74 Å². The van der Waals surface area contributed by atoms with Crippen molar-refractivity contribution in [3.63, 3.8) is 0 Å². The van der Waals surface area contributed by atoms with Gasteiger partial charge in [-0.25, -0.2) is 0 Å². The van der Waals surface area contributed by atoms with Gasteiger partial charge in [0.05, 0.1) is 6.54 Å². The average molecular weight is 141 g/mol. The molecule has 0 atom stereocenters. The van der Waals surface area contributed by atoms with Crippen LogP contribution in [0.3, 0.4) is 0 Å². The zero-order valence-corrected chi connectivity index (χ0v) is 5.24. The minimum Gasteiger partial charge on any atom is -0.464 e. The zero-order valence-electron chi connectivity index (χ0n) is 5.24. The summed E-state index contributed by atoms with van der Waals surface area (Å²) in [6, 6.07) is 1.56. The van der Waals surface area contributed by atoms with E-state index in [9.17, 15) is 4.79 Å². The Morgan fingerprint density at radius 3 is 3.10 bits per heavy atom. The van der Waals surface area contributed by atoms with Crippen molar-refractivity contribution in [1.29, 1.82) is 0 Å². The molecule has 0 saturated carbocycles. The van der Waals surface area contributed by atoms with Crippen LogP contribution in [0.5, 0.6) is 5.75 Å².